The highest BCUT2D eigenvalue weighted by atomic mass is 32.1. The molecule has 2 aromatic carbocycles. The van der Waals surface area contributed by atoms with Crippen LogP contribution in [0.3, 0.4) is 0 Å². The summed E-state index contributed by atoms with van der Waals surface area (Å²) in [5.74, 6) is -0.345. The monoisotopic (exact) mass is 367 g/mol. The quantitative estimate of drug-likeness (QED) is 0.530. The normalized spacial score (nSPS) is 11.0. The van der Waals surface area contributed by atoms with Crippen molar-refractivity contribution >= 4 is 24.4 Å². The fourth-order valence-electron chi connectivity index (χ4n) is 2.26. The van der Waals surface area contributed by atoms with Crippen molar-refractivity contribution in [3.63, 3.8) is 0 Å². The summed E-state index contributed by atoms with van der Waals surface area (Å²) < 4.78 is 7.05. The van der Waals surface area contributed by atoms with E-state index in [1.807, 2.05) is 31.2 Å². The number of nitrogens with zero attached hydrogens (tertiary/aromatic N) is 3. The molecule has 0 aliphatic rings. The van der Waals surface area contributed by atoms with Gasteiger partial charge in [0.25, 0.3) is 0 Å². The molecule has 1 aromatic heterocycles. The smallest absolute Gasteiger partial charge is 0.216 e. The summed E-state index contributed by atoms with van der Waals surface area (Å²) in [5, 5.41) is 21.9. The van der Waals surface area contributed by atoms with Gasteiger partial charge in [-0.2, -0.15) is 14.9 Å². The highest BCUT2D eigenvalue weighted by Crippen LogP contribution is 2.19. The van der Waals surface area contributed by atoms with Crippen molar-refractivity contribution in [3.8, 4) is 17.1 Å². The Bertz CT molecular complexity index is 1010. The van der Waals surface area contributed by atoms with Gasteiger partial charge in [-0.05, 0) is 31.3 Å². The molecule has 0 amide bonds. The molecule has 132 valence electrons. The minimum absolute atomic E-state index is 0.338. The molecule has 8 heteroatoms. The fraction of sp³-hybridized carbons (Fsp3) is 0.111. The minimum Gasteiger partial charge on any atom is -0.546 e. The van der Waals surface area contributed by atoms with Crippen LogP contribution >= 0.6 is 12.2 Å². The number of carbonyl (C=O) groups excluding carboxylic acids is 1. The van der Waals surface area contributed by atoms with E-state index in [9.17, 15) is 9.90 Å². The number of rotatable bonds is 6. The Kier molecular flexibility index (Phi) is 5.23. The number of H-pyrrole nitrogens is 1. The number of carboxylic acids is 1. The molecule has 0 aliphatic carbocycles. The van der Waals surface area contributed by atoms with Crippen LogP contribution in [0.5, 0.6) is 5.75 Å². The van der Waals surface area contributed by atoms with Crippen LogP contribution in [0.2, 0.25) is 0 Å². The van der Waals surface area contributed by atoms with Crippen molar-refractivity contribution in [2.24, 2.45) is 5.10 Å². The zero-order valence-corrected chi connectivity index (χ0v) is 14.7. The lowest BCUT2D eigenvalue weighted by Gasteiger charge is -2.09. The summed E-state index contributed by atoms with van der Waals surface area (Å²) >= 11 is 5.25. The van der Waals surface area contributed by atoms with Crippen LogP contribution in [-0.2, 0) is 4.79 Å². The summed E-state index contributed by atoms with van der Waals surface area (Å²) in [6.45, 7) is 1.47. The highest BCUT2D eigenvalue weighted by molar-refractivity contribution is 7.71. The van der Waals surface area contributed by atoms with Crippen LogP contribution in [0.15, 0.2) is 53.6 Å². The maximum absolute atomic E-state index is 10.6. The van der Waals surface area contributed by atoms with Crippen LogP contribution in [-0.4, -0.2) is 33.7 Å². The van der Waals surface area contributed by atoms with E-state index in [1.54, 1.807) is 24.3 Å². The highest BCUT2D eigenvalue weighted by Gasteiger charge is 2.08. The topological polar surface area (TPSA) is 95.3 Å². The van der Waals surface area contributed by atoms with Crippen LogP contribution in [0, 0.1) is 11.7 Å². The number of aliphatic carboxylic acids is 1. The summed E-state index contributed by atoms with van der Waals surface area (Å²) in [4.78, 5) is 10.6. The van der Waals surface area contributed by atoms with E-state index in [0.29, 0.717) is 21.9 Å². The number of aromatic amines is 1. The second-order valence-electron chi connectivity index (χ2n) is 5.47. The number of carboxylic acid groups (broad SMARTS) is 1. The second-order valence-corrected chi connectivity index (χ2v) is 5.86. The summed E-state index contributed by atoms with van der Waals surface area (Å²) in [5.41, 5.74) is 2.60. The van der Waals surface area contributed by atoms with Gasteiger partial charge < -0.3 is 14.6 Å². The number of carbonyl (C=O) groups is 1. The standard InChI is InChI=1S/C18H16N4O3S/c1-12-6-8-13(9-7-12)17-20-21-18(26)22(17)19-10-14-4-2-3-5-15(14)25-11-16(23)24/h2-10H,11H2,1H3,(H,21,26)(H,23,24)/p-1/b19-10-. The maximum atomic E-state index is 10.6. The molecule has 0 spiro atoms. The van der Waals surface area contributed by atoms with Gasteiger partial charge in [0.2, 0.25) is 4.77 Å². The SMILES string of the molecule is Cc1ccc(-c2n[nH]c(=S)n2/N=C\c2ccccc2OCC(=O)[O-])cc1. The number of aryl methyl sites for hydroxylation is 1. The molecule has 7 nitrogen and oxygen atoms in total. The molecule has 0 aliphatic heterocycles. The zero-order chi connectivity index (χ0) is 18.5. The minimum atomic E-state index is -1.30. The number of aromatic nitrogens is 3. The van der Waals surface area contributed by atoms with Gasteiger partial charge in [-0.25, -0.2) is 5.10 Å². The number of ether oxygens (including phenoxy) is 1. The van der Waals surface area contributed by atoms with Crippen molar-refractivity contribution < 1.29 is 14.6 Å². The Balaban J connectivity index is 1.93. The lowest BCUT2D eigenvalue weighted by Crippen LogP contribution is -2.29. The van der Waals surface area contributed by atoms with Gasteiger partial charge in [-0.15, -0.1) is 0 Å². The van der Waals surface area contributed by atoms with Gasteiger partial charge in [0.05, 0.1) is 12.2 Å². The maximum Gasteiger partial charge on any atom is 0.216 e. The average Bonchev–Trinajstić information content (AvgIpc) is 3.00. The van der Waals surface area contributed by atoms with Crippen LogP contribution in [0.1, 0.15) is 11.1 Å². The van der Waals surface area contributed by atoms with Crippen LogP contribution in [0.25, 0.3) is 11.4 Å². The fourth-order valence-corrected chi connectivity index (χ4v) is 2.44. The number of hydrogen-bond acceptors (Lipinski definition) is 6. The molecule has 0 atom stereocenters. The molecular formula is C18H15N4O3S-. The summed E-state index contributed by atoms with van der Waals surface area (Å²) in [6.07, 6.45) is 1.54. The van der Waals surface area contributed by atoms with Crippen molar-refractivity contribution in [1.29, 1.82) is 0 Å². The van der Waals surface area contributed by atoms with Gasteiger partial charge >= 0.3 is 0 Å². The molecule has 0 saturated heterocycles. The molecule has 0 unspecified atom stereocenters. The Labute approximate surface area is 154 Å². The first kappa shape index (κ1) is 17.6. The van der Waals surface area contributed by atoms with Gasteiger partial charge in [0.15, 0.2) is 5.82 Å². The van der Waals surface area contributed by atoms with Crippen molar-refractivity contribution in [1.82, 2.24) is 14.9 Å². The number of para-hydroxylation sites is 1. The molecule has 0 radical (unpaired) electrons. The third kappa shape index (κ3) is 4.04. The van der Waals surface area contributed by atoms with E-state index in [2.05, 4.69) is 15.3 Å². The van der Waals surface area contributed by atoms with Crippen molar-refractivity contribution in [3.05, 3.63) is 64.4 Å². The Morgan fingerprint density at radius 3 is 2.77 bits per heavy atom. The van der Waals surface area contributed by atoms with Gasteiger partial charge in [-0.1, -0.05) is 42.0 Å². The molecule has 3 aromatic rings. The molecule has 0 bridgehead atoms. The predicted molar refractivity (Wildman–Crippen MR) is 97.5 cm³/mol. The number of benzene rings is 2. The lowest BCUT2D eigenvalue weighted by atomic mass is 10.1. The van der Waals surface area contributed by atoms with E-state index in [4.69, 9.17) is 17.0 Å². The second kappa shape index (κ2) is 7.75. The van der Waals surface area contributed by atoms with Gasteiger partial charge in [0.1, 0.15) is 12.4 Å². The number of hydrogen-bond donors (Lipinski definition) is 1. The zero-order valence-electron chi connectivity index (χ0n) is 13.9. The van der Waals surface area contributed by atoms with Gasteiger partial charge in [-0.3, -0.25) is 0 Å². The third-order valence-electron chi connectivity index (χ3n) is 3.54. The summed E-state index contributed by atoms with van der Waals surface area (Å²) in [6, 6.07) is 14.8. The average molecular weight is 367 g/mol. The first-order valence-electron chi connectivity index (χ1n) is 7.75. The largest absolute Gasteiger partial charge is 0.546 e. The molecule has 0 fully saturated rings. The Hall–Kier alpha value is -3.26. The van der Waals surface area contributed by atoms with Crippen molar-refractivity contribution in [2.45, 2.75) is 6.92 Å². The van der Waals surface area contributed by atoms with E-state index < -0.39 is 12.6 Å². The predicted octanol–water partition coefficient (Wildman–Crippen LogP) is 1.93. The van der Waals surface area contributed by atoms with Crippen molar-refractivity contribution in [2.75, 3.05) is 6.61 Å². The van der Waals surface area contributed by atoms with Crippen LogP contribution < -0.4 is 9.84 Å². The first-order valence-corrected chi connectivity index (χ1v) is 8.16. The van der Waals surface area contributed by atoms with E-state index in [-0.39, 0.29) is 0 Å². The molecule has 1 heterocycles. The Morgan fingerprint density at radius 1 is 1.31 bits per heavy atom. The first-order chi connectivity index (χ1) is 12.5. The summed E-state index contributed by atoms with van der Waals surface area (Å²) in [7, 11) is 0. The molecule has 26 heavy (non-hydrogen) atoms. The van der Waals surface area contributed by atoms with Crippen LogP contribution in [0.4, 0.5) is 0 Å². The van der Waals surface area contributed by atoms with E-state index in [0.717, 1.165) is 11.1 Å². The number of nitrogens with one attached hydrogen (secondary N) is 1. The lowest BCUT2D eigenvalue weighted by molar-refractivity contribution is -0.307. The molecule has 0 saturated carbocycles. The molecule has 1 N–H and O–H groups in total. The third-order valence-corrected chi connectivity index (χ3v) is 3.80. The molecular weight excluding hydrogens is 352 g/mol. The van der Waals surface area contributed by atoms with E-state index >= 15 is 0 Å². The molecule has 3 rings (SSSR count). The van der Waals surface area contributed by atoms with E-state index in [1.165, 1.54) is 10.9 Å². The van der Waals surface area contributed by atoms with Gasteiger partial charge in [0, 0.05) is 11.1 Å². The Morgan fingerprint density at radius 2 is 2.04 bits per heavy atom.